The first-order valence-electron chi connectivity index (χ1n) is 6.62. The van der Waals surface area contributed by atoms with E-state index in [1.165, 1.54) is 4.68 Å². The average molecular weight is 322 g/mol. The van der Waals surface area contributed by atoms with Crippen molar-refractivity contribution in [3.8, 4) is 0 Å². The molecule has 0 fully saturated rings. The predicted octanol–water partition coefficient (Wildman–Crippen LogP) is 0.969. The van der Waals surface area contributed by atoms with Gasteiger partial charge in [0.1, 0.15) is 4.90 Å². The summed E-state index contributed by atoms with van der Waals surface area (Å²) in [7, 11) is -2.22. The second-order valence-electron chi connectivity index (χ2n) is 5.00. The Morgan fingerprint density at radius 2 is 1.82 bits per heavy atom. The monoisotopic (exact) mass is 322 g/mol. The second-order valence-corrected chi connectivity index (χ2v) is 6.62. The molecule has 1 aromatic carbocycles. The van der Waals surface area contributed by atoms with E-state index < -0.39 is 15.9 Å². The highest BCUT2D eigenvalue weighted by molar-refractivity contribution is 7.89. The number of sulfonamides is 1. The van der Waals surface area contributed by atoms with Crippen molar-refractivity contribution >= 4 is 15.9 Å². The number of rotatable bonds is 4. The Hall–Kier alpha value is -2.19. The van der Waals surface area contributed by atoms with Crippen molar-refractivity contribution < 1.29 is 13.2 Å². The number of amides is 1. The third-order valence-corrected chi connectivity index (χ3v) is 4.90. The number of nitrogens with one attached hydrogen (secondary N) is 2. The van der Waals surface area contributed by atoms with Crippen molar-refractivity contribution in [2.45, 2.75) is 25.7 Å². The molecule has 8 heteroatoms. The van der Waals surface area contributed by atoms with Gasteiger partial charge in [-0.25, -0.2) is 8.42 Å². The minimum absolute atomic E-state index is 0.0695. The van der Waals surface area contributed by atoms with E-state index in [-0.39, 0.29) is 4.90 Å². The van der Waals surface area contributed by atoms with Crippen molar-refractivity contribution in [1.82, 2.24) is 20.0 Å². The summed E-state index contributed by atoms with van der Waals surface area (Å²) in [6.45, 7) is 5.03. The SMILES string of the molecule is Cc1ccccc1C(=O)NNS(=O)(=O)c1c(C)nn(C)c1C. The Labute approximate surface area is 129 Å². The van der Waals surface area contributed by atoms with E-state index >= 15 is 0 Å². The summed E-state index contributed by atoms with van der Waals surface area (Å²) in [5.41, 5.74) is 4.26. The molecule has 2 rings (SSSR count). The smallest absolute Gasteiger partial charge is 0.266 e. The van der Waals surface area contributed by atoms with Gasteiger partial charge in [0, 0.05) is 12.6 Å². The van der Waals surface area contributed by atoms with Gasteiger partial charge < -0.3 is 0 Å². The van der Waals surface area contributed by atoms with Crippen LogP contribution in [0.5, 0.6) is 0 Å². The molecule has 0 saturated heterocycles. The van der Waals surface area contributed by atoms with Crippen molar-refractivity contribution in [3.05, 3.63) is 46.8 Å². The van der Waals surface area contributed by atoms with Gasteiger partial charge in [0.2, 0.25) is 0 Å². The van der Waals surface area contributed by atoms with Crippen molar-refractivity contribution in [2.24, 2.45) is 7.05 Å². The quantitative estimate of drug-likeness (QED) is 0.820. The first kappa shape index (κ1) is 16.2. The second kappa shape index (κ2) is 5.90. The third-order valence-electron chi connectivity index (χ3n) is 3.40. The van der Waals surface area contributed by atoms with Gasteiger partial charge in [-0.2, -0.15) is 5.10 Å². The molecule has 1 heterocycles. The van der Waals surface area contributed by atoms with Gasteiger partial charge in [0.15, 0.2) is 0 Å². The molecule has 2 aromatic rings. The van der Waals surface area contributed by atoms with Gasteiger partial charge in [-0.15, -0.1) is 4.83 Å². The standard InChI is InChI=1S/C14H18N4O3S/c1-9-7-5-6-8-12(9)14(19)15-17-22(20,21)13-10(2)16-18(4)11(13)3/h5-8,17H,1-4H3,(H,15,19). The molecule has 0 aliphatic carbocycles. The van der Waals surface area contributed by atoms with Gasteiger partial charge in [-0.05, 0) is 32.4 Å². The van der Waals surface area contributed by atoms with E-state index in [2.05, 4.69) is 15.4 Å². The number of aromatic nitrogens is 2. The summed E-state index contributed by atoms with van der Waals surface area (Å²) < 4.78 is 26.1. The van der Waals surface area contributed by atoms with Crippen LogP contribution in [-0.4, -0.2) is 24.1 Å². The minimum atomic E-state index is -3.88. The largest absolute Gasteiger partial charge is 0.273 e. The highest BCUT2D eigenvalue weighted by atomic mass is 32.2. The molecule has 0 bridgehead atoms. The van der Waals surface area contributed by atoms with E-state index in [0.717, 1.165) is 5.56 Å². The van der Waals surface area contributed by atoms with Crippen molar-refractivity contribution in [1.29, 1.82) is 0 Å². The van der Waals surface area contributed by atoms with Gasteiger partial charge in [-0.3, -0.25) is 14.9 Å². The highest BCUT2D eigenvalue weighted by Crippen LogP contribution is 2.17. The first-order chi connectivity index (χ1) is 10.2. The van der Waals surface area contributed by atoms with Crippen LogP contribution in [0.3, 0.4) is 0 Å². The number of hydrogen-bond acceptors (Lipinski definition) is 4. The van der Waals surface area contributed by atoms with Gasteiger partial charge in [0.25, 0.3) is 15.9 Å². The molecular weight excluding hydrogens is 304 g/mol. The van der Waals surface area contributed by atoms with Crippen LogP contribution in [0.2, 0.25) is 0 Å². The normalized spacial score (nSPS) is 11.5. The van der Waals surface area contributed by atoms with Gasteiger partial charge >= 0.3 is 0 Å². The summed E-state index contributed by atoms with van der Waals surface area (Å²) >= 11 is 0. The zero-order valence-electron chi connectivity index (χ0n) is 12.8. The van der Waals surface area contributed by atoms with Gasteiger partial charge in [-0.1, -0.05) is 18.2 Å². The number of aryl methyl sites for hydroxylation is 3. The molecule has 0 aliphatic rings. The summed E-state index contributed by atoms with van der Waals surface area (Å²) in [4.78, 5) is 14.2. The van der Waals surface area contributed by atoms with E-state index in [1.54, 1.807) is 52.1 Å². The molecule has 0 saturated carbocycles. The number of benzene rings is 1. The lowest BCUT2D eigenvalue weighted by Crippen LogP contribution is -2.42. The molecule has 22 heavy (non-hydrogen) atoms. The topological polar surface area (TPSA) is 93.1 Å². The molecule has 0 spiro atoms. The lowest BCUT2D eigenvalue weighted by molar-refractivity contribution is 0.0944. The summed E-state index contributed by atoms with van der Waals surface area (Å²) in [6.07, 6.45) is 0. The Morgan fingerprint density at radius 1 is 1.18 bits per heavy atom. The van der Waals surface area contributed by atoms with Crippen LogP contribution in [0, 0.1) is 20.8 Å². The van der Waals surface area contributed by atoms with Crippen molar-refractivity contribution in [2.75, 3.05) is 0 Å². The van der Waals surface area contributed by atoms with E-state index in [0.29, 0.717) is 17.0 Å². The number of carbonyl (C=O) groups excluding carboxylic acids is 1. The third kappa shape index (κ3) is 3.02. The molecular formula is C14H18N4O3S. The fraction of sp³-hybridized carbons (Fsp3) is 0.286. The summed E-state index contributed by atoms with van der Waals surface area (Å²) in [5.74, 6) is -0.513. The lowest BCUT2D eigenvalue weighted by atomic mass is 10.1. The molecule has 7 nitrogen and oxygen atoms in total. The zero-order chi connectivity index (χ0) is 16.5. The zero-order valence-corrected chi connectivity index (χ0v) is 13.7. The maximum Gasteiger partial charge on any atom is 0.266 e. The Kier molecular flexibility index (Phi) is 4.34. The van der Waals surface area contributed by atoms with E-state index in [4.69, 9.17) is 0 Å². The first-order valence-corrected chi connectivity index (χ1v) is 8.10. The average Bonchev–Trinajstić information content (AvgIpc) is 2.70. The lowest BCUT2D eigenvalue weighted by Gasteiger charge is -2.10. The molecule has 0 aliphatic heterocycles. The molecule has 0 atom stereocenters. The fourth-order valence-electron chi connectivity index (χ4n) is 2.20. The highest BCUT2D eigenvalue weighted by Gasteiger charge is 2.24. The Balaban J connectivity index is 2.20. The maximum absolute atomic E-state index is 12.3. The minimum Gasteiger partial charge on any atom is -0.273 e. The van der Waals surface area contributed by atoms with Crippen LogP contribution in [0.25, 0.3) is 0 Å². The summed E-state index contributed by atoms with van der Waals surface area (Å²) in [6, 6.07) is 6.92. The molecule has 118 valence electrons. The number of nitrogens with zero attached hydrogens (tertiary/aromatic N) is 2. The van der Waals surface area contributed by atoms with Crippen LogP contribution >= 0.6 is 0 Å². The van der Waals surface area contributed by atoms with Gasteiger partial charge in [0.05, 0.1) is 11.4 Å². The molecule has 0 radical (unpaired) electrons. The van der Waals surface area contributed by atoms with Crippen molar-refractivity contribution in [3.63, 3.8) is 0 Å². The van der Waals surface area contributed by atoms with Crippen LogP contribution in [-0.2, 0) is 17.1 Å². The van der Waals surface area contributed by atoms with Crippen LogP contribution in [0.4, 0.5) is 0 Å². The molecule has 1 aromatic heterocycles. The van der Waals surface area contributed by atoms with Crippen LogP contribution in [0.15, 0.2) is 29.2 Å². The molecule has 2 N–H and O–H groups in total. The van der Waals surface area contributed by atoms with Crippen LogP contribution in [0.1, 0.15) is 27.3 Å². The number of hydrogen-bond donors (Lipinski definition) is 2. The van der Waals surface area contributed by atoms with Crippen LogP contribution < -0.4 is 10.3 Å². The maximum atomic E-state index is 12.3. The fourth-order valence-corrected chi connectivity index (χ4v) is 3.48. The predicted molar refractivity (Wildman–Crippen MR) is 81.6 cm³/mol. The number of hydrazine groups is 1. The molecule has 1 amide bonds. The summed E-state index contributed by atoms with van der Waals surface area (Å²) in [5, 5.41) is 4.06. The number of carbonyl (C=O) groups is 1. The molecule has 0 unspecified atom stereocenters. The Bertz CT molecular complexity index is 825. The Morgan fingerprint density at radius 3 is 2.36 bits per heavy atom. The van der Waals surface area contributed by atoms with E-state index in [9.17, 15) is 13.2 Å². The van der Waals surface area contributed by atoms with E-state index in [1.807, 2.05) is 0 Å².